The predicted octanol–water partition coefficient (Wildman–Crippen LogP) is 4.14. The minimum absolute atomic E-state index is 0.0690. The molecule has 0 saturated heterocycles. The van der Waals surface area contributed by atoms with Crippen LogP contribution in [0.1, 0.15) is 26.3 Å². The number of carbonyl (C=O) groups excluding carboxylic acids is 2. The highest BCUT2D eigenvalue weighted by molar-refractivity contribution is 6.30. The van der Waals surface area contributed by atoms with E-state index >= 15 is 0 Å². The van der Waals surface area contributed by atoms with Gasteiger partial charge in [-0.15, -0.1) is 0 Å². The maximum atomic E-state index is 12.2. The number of hydrogen-bond acceptors (Lipinski definition) is 5. The molecule has 0 radical (unpaired) electrons. The first-order valence-electron chi connectivity index (χ1n) is 9.99. The summed E-state index contributed by atoms with van der Waals surface area (Å²) in [6.07, 6.45) is 1.48. The van der Waals surface area contributed by atoms with Gasteiger partial charge in [0.15, 0.2) is 18.1 Å². The molecule has 0 unspecified atom stereocenters. The molecule has 0 spiro atoms. The van der Waals surface area contributed by atoms with Gasteiger partial charge >= 0.3 is 6.03 Å². The summed E-state index contributed by atoms with van der Waals surface area (Å²) >= 11 is 5.89. The zero-order valence-corrected chi connectivity index (χ0v) is 18.6. The van der Waals surface area contributed by atoms with Gasteiger partial charge in [-0.3, -0.25) is 4.79 Å². The molecule has 0 fully saturated rings. The first-order chi connectivity index (χ1) is 15.0. The highest BCUT2D eigenvalue weighted by Gasteiger charge is 2.13. The Morgan fingerprint density at radius 1 is 1.06 bits per heavy atom. The number of ether oxygens (including phenoxy) is 2. The Morgan fingerprint density at radius 2 is 1.84 bits per heavy atom. The highest BCUT2D eigenvalue weighted by Crippen LogP contribution is 2.28. The lowest BCUT2D eigenvalue weighted by atomic mass is 10.2. The van der Waals surface area contributed by atoms with Gasteiger partial charge in [0.2, 0.25) is 0 Å². The summed E-state index contributed by atoms with van der Waals surface area (Å²) in [5.41, 5.74) is 3.63. The zero-order valence-electron chi connectivity index (χ0n) is 17.9. The topological polar surface area (TPSA) is 92.3 Å². The summed E-state index contributed by atoms with van der Waals surface area (Å²) in [7, 11) is 0. The number of anilines is 1. The largest absolute Gasteiger partial charge is 0.490 e. The van der Waals surface area contributed by atoms with Crippen molar-refractivity contribution in [2.45, 2.75) is 20.8 Å². The van der Waals surface area contributed by atoms with Gasteiger partial charge in [-0.1, -0.05) is 17.7 Å². The van der Waals surface area contributed by atoms with Gasteiger partial charge in [0.1, 0.15) is 0 Å². The van der Waals surface area contributed by atoms with Crippen LogP contribution in [0.3, 0.4) is 0 Å². The lowest BCUT2D eigenvalue weighted by molar-refractivity contribution is -0.132. The number of hydrazone groups is 1. The van der Waals surface area contributed by atoms with Crippen LogP contribution >= 0.6 is 11.6 Å². The molecule has 2 N–H and O–H groups in total. The van der Waals surface area contributed by atoms with Crippen LogP contribution in [-0.2, 0) is 4.79 Å². The van der Waals surface area contributed by atoms with Gasteiger partial charge in [-0.25, -0.2) is 10.2 Å². The molecule has 31 heavy (non-hydrogen) atoms. The molecule has 3 amide bonds. The summed E-state index contributed by atoms with van der Waals surface area (Å²) < 4.78 is 11.3. The third-order valence-corrected chi connectivity index (χ3v) is 4.43. The van der Waals surface area contributed by atoms with Crippen LogP contribution in [0, 0.1) is 0 Å². The number of benzene rings is 2. The number of carbonyl (C=O) groups is 2. The first kappa shape index (κ1) is 24.0. The second-order valence-electron chi connectivity index (χ2n) is 6.33. The van der Waals surface area contributed by atoms with Crippen LogP contribution in [0.25, 0.3) is 0 Å². The van der Waals surface area contributed by atoms with Crippen molar-refractivity contribution in [3.05, 3.63) is 53.1 Å². The average molecular weight is 447 g/mol. The summed E-state index contributed by atoms with van der Waals surface area (Å²) in [5.74, 6) is 0.862. The maximum Gasteiger partial charge on any atom is 0.339 e. The van der Waals surface area contributed by atoms with Crippen LogP contribution in [0.2, 0.25) is 5.02 Å². The molecule has 0 aliphatic rings. The molecule has 8 nitrogen and oxygen atoms in total. The Bertz CT molecular complexity index is 916. The monoisotopic (exact) mass is 446 g/mol. The van der Waals surface area contributed by atoms with Crippen LogP contribution < -0.4 is 20.2 Å². The Labute approximate surface area is 187 Å². The molecule has 0 aliphatic carbocycles. The predicted molar refractivity (Wildman–Crippen MR) is 122 cm³/mol. The summed E-state index contributed by atoms with van der Waals surface area (Å²) in [5, 5.41) is 7.08. The van der Waals surface area contributed by atoms with Crippen molar-refractivity contribution < 1.29 is 19.1 Å². The lowest BCUT2D eigenvalue weighted by Crippen LogP contribution is -2.34. The second-order valence-corrected chi connectivity index (χ2v) is 6.76. The molecule has 2 aromatic carbocycles. The van der Waals surface area contributed by atoms with E-state index in [-0.39, 0.29) is 12.5 Å². The minimum atomic E-state index is -0.501. The molecule has 0 atom stereocenters. The Balaban J connectivity index is 1.97. The van der Waals surface area contributed by atoms with E-state index in [1.807, 2.05) is 20.8 Å². The van der Waals surface area contributed by atoms with Crippen LogP contribution in [-0.4, -0.2) is 49.4 Å². The van der Waals surface area contributed by atoms with E-state index in [1.54, 1.807) is 47.4 Å². The lowest BCUT2D eigenvalue weighted by Gasteiger charge is -2.19. The van der Waals surface area contributed by atoms with E-state index < -0.39 is 6.03 Å². The van der Waals surface area contributed by atoms with E-state index in [0.29, 0.717) is 47.5 Å². The number of likely N-dealkylation sites (N-methyl/N-ethyl adjacent to an activating group) is 1. The molecule has 0 bridgehead atoms. The Hall–Kier alpha value is -3.26. The van der Waals surface area contributed by atoms with Crippen molar-refractivity contribution in [3.63, 3.8) is 0 Å². The molecule has 0 aliphatic heterocycles. The van der Waals surface area contributed by atoms with Crippen molar-refractivity contribution in [2.75, 3.05) is 31.6 Å². The third-order valence-electron chi connectivity index (χ3n) is 4.20. The standard InChI is InChI=1S/C22H27ClN4O4/c1-4-27(5-2)21(28)15-31-19-11-10-16(12-20(19)30-6-3)14-24-26-22(29)25-18-9-7-8-17(23)13-18/h7-14H,4-6,15H2,1-3H3,(H2,25,26,29)/b24-14-. The van der Waals surface area contributed by atoms with E-state index in [2.05, 4.69) is 15.8 Å². The van der Waals surface area contributed by atoms with Crippen molar-refractivity contribution in [1.29, 1.82) is 0 Å². The summed E-state index contributed by atoms with van der Waals surface area (Å²) in [6.45, 7) is 7.32. The fraction of sp³-hybridized carbons (Fsp3) is 0.318. The second kappa shape index (κ2) is 12.4. The van der Waals surface area contributed by atoms with E-state index in [1.165, 1.54) is 6.21 Å². The van der Waals surface area contributed by atoms with Crippen molar-refractivity contribution >= 4 is 35.4 Å². The number of hydrogen-bond donors (Lipinski definition) is 2. The fourth-order valence-corrected chi connectivity index (χ4v) is 2.88. The number of halogens is 1. The molecular formula is C22H27ClN4O4. The Morgan fingerprint density at radius 3 is 2.52 bits per heavy atom. The van der Waals surface area contributed by atoms with Gasteiger partial charge in [-0.05, 0) is 62.7 Å². The Kier molecular flexibility index (Phi) is 9.64. The minimum Gasteiger partial charge on any atom is -0.490 e. The fourth-order valence-electron chi connectivity index (χ4n) is 2.69. The van der Waals surface area contributed by atoms with Gasteiger partial charge in [0.05, 0.1) is 12.8 Å². The number of amides is 3. The molecule has 2 aromatic rings. The van der Waals surface area contributed by atoms with Crippen molar-refractivity contribution in [1.82, 2.24) is 10.3 Å². The van der Waals surface area contributed by atoms with E-state index in [9.17, 15) is 9.59 Å². The van der Waals surface area contributed by atoms with Gasteiger partial charge < -0.3 is 19.7 Å². The average Bonchev–Trinajstić information content (AvgIpc) is 2.74. The van der Waals surface area contributed by atoms with Crippen LogP contribution in [0.4, 0.5) is 10.5 Å². The molecule has 0 heterocycles. The quantitative estimate of drug-likeness (QED) is 0.423. The van der Waals surface area contributed by atoms with Gasteiger partial charge in [-0.2, -0.15) is 5.10 Å². The van der Waals surface area contributed by atoms with Gasteiger partial charge in [0, 0.05) is 23.8 Å². The smallest absolute Gasteiger partial charge is 0.339 e. The molecular weight excluding hydrogens is 420 g/mol. The number of rotatable bonds is 10. The number of urea groups is 1. The van der Waals surface area contributed by atoms with Crippen LogP contribution in [0.5, 0.6) is 11.5 Å². The SMILES string of the molecule is CCOc1cc(/C=N\NC(=O)Nc2cccc(Cl)c2)ccc1OCC(=O)N(CC)CC. The van der Waals surface area contributed by atoms with Crippen LogP contribution in [0.15, 0.2) is 47.6 Å². The summed E-state index contributed by atoms with van der Waals surface area (Å²) in [6, 6.07) is 11.5. The molecule has 9 heteroatoms. The highest BCUT2D eigenvalue weighted by atomic mass is 35.5. The third kappa shape index (κ3) is 7.82. The van der Waals surface area contributed by atoms with E-state index in [0.717, 1.165) is 0 Å². The first-order valence-corrected chi connectivity index (χ1v) is 10.4. The molecule has 166 valence electrons. The molecule has 2 rings (SSSR count). The number of nitrogens with zero attached hydrogens (tertiary/aromatic N) is 2. The van der Waals surface area contributed by atoms with Crippen molar-refractivity contribution in [2.24, 2.45) is 5.10 Å². The summed E-state index contributed by atoms with van der Waals surface area (Å²) in [4.78, 5) is 25.8. The molecule has 0 aromatic heterocycles. The normalized spacial score (nSPS) is 10.6. The van der Waals surface area contributed by atoms with Gasteiger partial charge in [0.25, 0.3) is 5.91 Å². The number of nitrogens with one attached hydrogen (secondary N) is 2. The van der Waals surface area contributed by atoms with E-state index in [4.69, 9.17) is 21.1 Å². The van der Waals surface area contributed by atoms with Crippen molar-refractivity contribution in [3.8, 4) is 11.5 Å². The maximum absolute atomic E-state index is 12.2. The molecule has 0 saturated carbocycles. The zero-order chi connectivity index (χ0) is 22.6.